The lowest BCUT2D eigenvalue weighted by Gasteiger charge is -2.17. The van der Waals surface area contributed by atoms with Crippen molar-refractivity contribution in [2.24, 2.45) is 0 Å². The minimum atomic E-state index is -0.0919. The maximum atomic E-state index is 12.2. The fourth-order valence-corrected chi connectivity index (χ4v) is 3.82. The molecule has 0 radical (unpaired) electrons. The second-order valence-corrected chi connectivity index (χ2v) is 7.31. The number of hydrogen-bond acceptors (Lipinski definition) is 2. The second-order valence-electron chi connectivity index (χ2n) is 5.55. The summed E-state index contributed by atoms with van der Waals surface area (Å²) in [5.74, 6) is 0.827. The standard InChI is InChI=1S/C16H19IO2/c17-13-7-3-6-12-10-15(11-4-1-2-5-11)19-16(18)14(12)9-8-13/h4,10,13H,1-3,5-9H2. The molecule has 0 saturated carbocycles. The Balaban J connectivity index is 1.98. The van der Waals surface area contributed by atoms with Crippen molar-refractivity contribution >= 4 is 28.2 Å². The van der Waals surface area contributed by atoms with Gasteiger partial charge in [0.2, 0.25) is 0 Å². The zero-order chi connectivity index (χ0) is 13.2. The Labute approximate surface area is 127 Å². The molecule has 3 heteroatoms. The first-order valence-electron chi connectivity index (χ1n) is 7.23. The summed E-state index contributed by atoms with van der Waals surface area (Å²) in [4.78, 5) is 12.2. The fraction of sp³-hybridized carbons (Fsp3) is 0.562. The van der Waals surface area contributed by atoms with Crippen LogP contribution in [0.4, 0.5) is 0 Å². The molecule has 0 aliphatic heterocycles. The van der Waals surface area contributed by atoms with E-state index in [2.05, 4.69) is 34.7 Å². The summed E-state index contributed by atoms with van der Waals surface area (Å²) in [6, 6.07) is 2.14. The van der Waals surface area contributed by atoms with E-state index in [9.17, 15) is 4.79 Å². The van der Waals surface area contributed by atoms with E-state index in [0.717, 1.165) is 43.4 Å². The first kappa shape index (κ1) is 13.4. The number of aryl methyl sites for hydroxylation is 1. The monoisotopic (exact) mass is 370 g/mol. The first-order valence-corrected chi connectivity index (χ1v) is 8.48. The van der Waals surface area contributed by atoms with Gasteiger partial charge in [0.1, 0.15) is 5.76 Å². The summed E-state index contributed by atoms with van der Waals surface area (Å²) in [5, 5.41) is 0. The van der Waals surface area contributed by atoms with Crippen molar-refractivity contribution in [3.05, 3.63) is 39.4 Å². The van der Waals surface area contributed by atoms with Crippen LogP contribution in [0.2, 0.25) is 0 Å². The molecule has 1 aromatic rings. The van der Waals surface area contributed by atoms with Crippen LogP contribution in [0.3, 0.4) is 0 Å². The van der Waals surface area contributed by atoms with Crippen molar-refractivity contribution in [3.63, 3.8) is 0 Å². The van der Waals surface area contributed by atoms with E-state index in [1.54, 1.807) is 0 Å². The molecule has 0 spiro atoms. The molecule has 1 atom stereocenters. The first-order chi connectivity index (χ1) is 9.24. The second kappa shape index (κ2) is 5.81. The minimum absolute atomic E-state index is 0.0919. The molecule has 102 valence electrons. The van der Waals surface area contributed by atoms with E-state index >= 15 is 0 Å². The lowest BCUT2D eigenvalue weighted by Crippen LogP contribution is -2.17. The molecule has 2 aliphatic rings. The molecule has 19 heavy (non-hydrogen) atoms. The van der Waals surface area contributed by atoms with Crippen molar-refractivity contribution < 1.29 is 4.42 Å². The quantitative estimate of drug-likeness (QED) is 0.546. The zero-order valence-corrected chi connectivity index (χ0v) is 13.2. The highest BCUT2D eigenvalue weighted by Gasteiger charge is 2.19. The van der Waals surface area contributed by atoms with Crippen LogP contribution in [0.15, 0.2) is 21.4 Å². The summed E-state index contributed by atoms with van der Waals surface area (Å²) in [6.45, 7) is 0. The Bertz CT molecular complexity index is 556. The zero-order valence-electron chi connectivity index (χ0n) is 11.1. The Hall–Kier alpha value is -0.580. The Kier molecular flexibility index (Phi) is 4.10. The lowest BCUT2D eigenvalue weighted by atomic mass is 9.94. The van der Waals surface area contributed by atoms with Crippen LogP contribution in [0.1, 0.15) is 55.4 Å². The van der Waals surface area contributed by atoms with Gasteiger partial charge in [0, 0.05) is 9.49 Å². The van der Waals surface area contributed by atoms with Gasteiger partial charge in [-0.1, -0.05) is 28.7 Å². The fourth-order valence-electron chi connectivity index (χ4n) is 3.07. The highest BCUT2D eigenvalue weighted by molar-refractivity contribution is 14.1. The van der Waals surface area contributed by atoms with Gasteiger partial charge in [-0.25, -0.2) is 4.79 Å². The van der Waals surface area contributed by atoms with Crippen LogP contribution in [-0.2, 0) is 12.8 Å². The third-order valence-corrected chi connectivity index (χ3v) is 5.42. The van der Waals surface area contributed by atoms with Crippen molar-refractivity contribution in [3.8, 4) is 0 Å². The number of alkyl halides is 1. The normalized spacial score (nSPS) is 23.4. The van der Waals surface area contributed by atoms with Crippen LogP contribution >= 0.6 is 22.6 Å². The molecular weight excluding hydrogens is 351 g/mol. The van der Waals surface area contributed by atoms with E-state index in [4.69, 9.17) is 4.42 Å². The highest BCUT2D eigenvalue weighted by Crippen LogP contribution is 2.29. The predicted molar refractivity (Wildman–Crippen MR) is 85.9 cm³/mol. The largest absolute Gasteiger partial charge is 0.423 e. The molecule has 2 nitrogen and oxygen atoms in total. The van der Waals surface area contributed by atoms with Gasteiger partial charge in [0.15, 0.2) is 0 Å². The molecular formula is C16H19IO2. The molecule has 1 unspecified atom stereocenters. The van der Waals surface area contributed by atoms with Gasteiger partial charge < -0.3 is 4.42 Å². The summed E-state index contributed by atoms with van der Waals surface area (Å²) < 4.78 is 6.26. The third-order valence-electron chi connectivity index (χ3n) is 4.17. The van der Waals surface area contributed by atoms with Gasteiger partial charge >= 0.3 is 5.63 Å². The number of hydrogen-bond donors (Lipinski definition) is 0. The molecule has 0 N–H and O–H groups in total. The third kappa shape index (κ3) is 2.96. The van der Waals surface area contributed by atoms with Gasteiger partial charge in [-0.2, -0.15) is 0 Å². The average Bonchev–Trinajstić information content (AvgIpc) is 2.88. The molecule has 0 saturated heterocycles. The molecule has 2 aliphatic carbocycles. The van der Waals surface area contributed by atoms with Crippen LogP contribution in [0.25, 0.3) is 5.57 Å². The van der Waals surface area contributed by atoms with Crippen molar-refractivity contribution in [1.29, 1.82) is 0 Å². The van der Waals surface area contributed by atoms with Gasteiger partial charge in [0.05, 0.1) is 0 Å². The van der Waals surface area contributed by atoms with Gasteiger partial charge in [-0.3, -0.25) is 0 Å². The number of halogens is 1. The van der Waals surface area contributed by atoms with Crippen molar-refractivity contribution in [2.45, 2.75) is 55.3 Å². The van der Waals surface area contributed by atoms with Crippen molar-refractivity contribution in [2.75, 3.05) is 0 Å². The van der Waals surface area contributed by atoms with Crippen molar-refractivity contribution in [1.82, 2.24) is 0 Å². The van der Waals surface area contributed by atoms with E-state index in [1.807, 2.05) is 0 Å². The molecule has 0 amide bonds. The molecule has 1 aromatic heterocycles. The smallest absolute Gasteiger partial charge is 0.339 e. The summed E-state index contributed by atoms with van der Waals surface area (Å²) in [7, 11) is 0. The molecule has 0 aromatic carbocycles. The summed E-state index contributed by atoms with van der Waals surface area (Å²) >= 11 is 2.51. The maximum absolute atomic E-state index is 12.2. The Morgan fingerprint density at radius 2 is 2.05 bits per heavy atom. The predicted octanol–water partition coefficient (Wildman–Crippen LogP) is 4.28. The van der Waals surface area contributed by atoms with Gasteiger partial charge in [-0.15, -0.1) is 0 Å². The summed E-state index contributed by atoms with van der Waals surface area (Å²) in [5.41, 5.74) is 3.31. The van der Waals surface area contributed by atoms with E-state index < -0.39 is 0 Å². The number of fused-ring (bicyclic) bond motifs is 1. The SMILES string of the molecule is O=c1oc(C2=CCCC2)cc2c1CCC(I)CCC2. The van der Waals surface area contributed by atoms with Crippen LogP contribution in [0, 0.1) is 0 Å². The number of rotatable bonds is 1. The van der Waals surface area contributed by atoms with Crippen LogP contribution in [0.5, 0.6) is 0 Å². The topological polar surface area (TPSA) is 30.2 Å². The average molecular weight is 370 g/mol. The van der Waals surface area contributed by atoms with E-state index in [0.29, 0.717) is 3.92 Å². The minimum Gasteiger partial charge on any atom is -0.423 e. The van der Waals surface area contributed by atoms with Gasteiger partial charge in [0.25, 0.3) is 0 Å². The maximum Gasteiger partial charge on any atom is 0.339 e. The molecule has 0 fully saturated rings. The Morgan fingerprint density at radius 3 is 2.84 bits per heavy atom. The lowest BCUT2D eigenvalue weighted by molar-refractivity contribution is 0.477. The van der Waals surface area contributed by atoms with E-state index in [-0.39, 0.29) is 5.63 Å². The molecule has 1 heterocycles. The highest BCUT2D eigenvalue weighted by atomic mass is 127. The Morgan fingerprint density at radius 1 is 1.16 bits per heavy atom. The summed E-state index contributed by atoms with van der Waals surface area (Å²) in [6.07, 6.45) is 11.0. The molecule has 0 bridgehead atoms. The van der Waals surface area contributed by atoms with E-state index in [1.165, 1.54) is 30.4 Å². The number of allylic oxidation sites excluding steroid dienone is 2. The van der Waals surface area contributed by atoms with Crippen LogP contribution < -0.4 is 5.63 Å². The molecule has 3 rings (SSSR count). The van der Waals surface area contributed by atoms with Gasteiger partial charge in [-0.05, 0) is 68.6 Å². The van der Waals surface area contributed by atoms with Crippen LogP contribution in [-0.4, -0.2) is 3.92 Å².